The van der Waals surface area contributed by atoms with Gasteiger partial charge in [0.2, 0.25) is 5.91 Å². The molecule has 0 unspecified atom stereocenters. The molecule has 0 bridgehead atoms. The zero-order valence-electron chi connectivity index (χ0n) is 18.1. The van der Waals surface area contributed by atoms with Crippen LogP contribution in [0, 0.1) is 0 Å². The van der Waals surface area contributed by atoms with Crippen LogP contribution in [0.4, 0.5) is 24.5 Å². The Kier molecular flexibility index (Phi) is 7.00. The number of nitrogens with zero attached hydrogens (tertiary/aromatic N) is 2. The van der Waals surface area contributed by atoms with Gasteiger partial charge >= 0.3 is 6.18 Å². The molecule has 4 rings (SSSR count). The Balaban J connectivity index is 1.60. The summed E-state index contributed by atoms with van der Waals surface area (Å²) in [7, 11) is 0. The zero-order chi connectivity index (χ0) is 25.3. The van der Waals surface area contributed by atoms with E-state index in [9.17, 15) is 22.8 Å². The zero-order valence-corrected chi connectivity index (χ0v) is 19.6. The van der Waals surface area contributed by atoms with E-state index >= 15 is 0 Å². The van der Waals surface area contributed by atoms with E-state index in [0.29, 0.717) is 33.2 Å². The van der Waals surface area contributed by atoms with Crippen LogP contribution in [-0.4, -0.2) is 58.0 Å². The molecule has 13 heteroatoms. The number of anilines is 2. The van der Waals surface area contributed by atoms with Crippen LogP contribution in [0.3, 0.4) is 0 Å². The summed E-state index contributed by atoms with van der Waals surface area (Å²) in [6.07, 6.45) is -1.52. The van der Waals surface area contributed by atoms with Gasteiger partial charge in [-0.2, -0.15) is 13.2 Å². The third kappa shape index (κ3) is 5.40. The second kappa shape index (κ2) is 9.82. The maximum atomic E-state index is 14.3. The Morgan fingerprint density at radius 3 is 2.60 bits per heavy atom. The summed E-state index contributed by atoms with van der Waals surface area (Å²) in [6.45, 7) is -0.461. The lowest BCUT2D eigenvalue weighted by atomic mass is 9.94. The molecule has 1 aromatic carbocycles. The van der Waals surface area contributed by atoms with Crippen molar-refractivity contribution < 1.29 is 22.8 Å². The van der Waals surface area contributed by atoms with Gasteiger partial charge in [-0.1, -0.05) is 23.2 Å². The first-order valence-corrected chi connectivity index (χ1v) is 11.4. The number of amides is 2. The SMILES string of the molecule is NC(=O)c1cnc2[nH]ccc2c1N[C@H]1CCCN(C(=O)CNc2cc(Cl)cc(Cl)c2)[C@H]1C(F)(F)F. The molecule has 0 aliphatic carbocycles. The summed E-state index contributed by atoms with van der Waals surface area (Å²) in [4.78, 5) is 32.6. The number of aromatic amines is 1. The largest absolute Gasteiger partial charge is 0.410 e. The first-order chi connectivity index (χ1) is 16.5. The standard InChI is InChI=1S/C22H21Cl2F3N6O2/c23-11-6-12(24)8-13(7-11)30-10-17(34)33-5-1-2-16(19(33)22(25,26)27)32-18-14-3-4-29-21(14)31-9-15(18)20(28)35/h3-4,6-9,16,19,30H,1-2,5,10H2,(H2,28,35)(H2,29,31,32)/t16-,19+/m0/s1. The molecule has 1 aliphatic rings. The number of primary amides is 1. The van der Waals surface area contributed by atoms with Crippen LogP contribution in [0.25, 0.3) is 11.0 Å². The number of benzene rings is 1. The first-order valence-electron chi connectivity index (χ1n) is 10.6. The first kappa shape index (κ1) is 24.9. The van der Waals surface area contributed by atoms with Crippen LogP contribution in [-0.2, 0) is 4.79 Å². The number of carbonyl (C=O) groups is 2. The molecule has 186 valence electrons. The van der Waals surface area contributed by atoms with Crippen molar-refractivity contribution in [3.05, 3.63) is 52.3 Å². The second-order valence-electron chi connectivity index (χ2n) is 8.13. The van der Waals surface area contributed by atoms with E-state index in [-0.39, 0.29) is 30.8 Å². The highest BCUT2D eigenvalue weighted by Gasteiger charge is 2.51. The van der Waals surface area contributed by atoms with Gasteiger partial charge < -0.3 is 26.3 Å². The Bertz CT molecular complexity index is 1250. The second-order valence-corrected chi connectivity index (χ2v) is 9.00. The molecular formula is C22H21Cl2F3N6O2. The summed E-state index contributed by atoms with van der Waals surface area (Å²) in [5, 5.41) is 6.71. The van der Waals surface area contributed by atoms with E-state index in [0.717, 1.165) is 4.90 Å². The van der Waals surface area contributed by atoms with Crippen molar-refractivity contribution in [3.63, 3.8) is 0 Å². The molecule has 1 aliphatic heterocycles. The molecule has 35 heavy (non-hydrogen) atoms. The quantitative estimate of drug-likeness (QED) is 0.378. The van der Waals surface area contributed by atoms with Gasteiger partial charge in [0.25, 0.3) is 5.91 Å². The van der Waals surface area contributed by atoms with Crippen LogP contribution >= 0.6 is 23.2 Å². The summed E-state index contributed by atoms with van der Waals surface area (Å²) in [6, 6.07) is 2.77. The number of aromatic nitrogens is 2. The minimum absolute atomic E-state index is 0.0408. The normalized spacial score (nSPS) is 18.5. The molecule has 1 fully saturated rings. The molecule has 2 atom stereocenters. The highest BCUT2D eigenvalue weighted by Crippen LogP contribution is 2.36. The number of alkyl halides is 3. The molecule has 8 nitrogen and oxygen atoms in total. The van der Waals surface area contributed by atoms with Crippen molar-refractivity contribution in [1.82, 2.24) is 14.9 Å². The number of H-pyrrole nitrogens is 1. The topological polar surface area (TPSA) is 116 Å². The summed E-state index contributed by atoms with van der Waals surface area (Å²) in [5.41, 5.74) is 6.34. The molecular weight excluding hydrogens is 508 g/mol. The Labute approximate surface area is 208 Å². The Morgan fingerprint density at radius 1 is 1.23 bits per heavy atom. The maximum Gasteiger partial charge on any atom is 0.410 e. The van der Waals surface area contributed by atoms with E-state index in [1.54, 1.807) is 12.3 Å². The van der Waals surface area contributed by atoms with Crippen LogP contribution in [0.15, 0.2) is 36.7 Å². The van der Waals surface area contributed by atoms with Crippen molar-refractivity contribution in [2.24, 2.45) is 5.73 Å². The molecule has 3 aromatic rings. The fourth-order valence-corrected chi connectivity index (χ4v) is 4.83. The van der Waals surface area contributed by atoms with Crippen molar-refractivity contribution in [3.8, 4) is 0 Å². The number of fused-ring (bicyclic) bond motifs is 1. The molecule has 1 saturated heterocycles. The number of likely N-dealkylation sites (tertiary alicyclic amines) is 1. The van der Waals surface area contributed by atoms with Crippen molar-refractivity contribution >= 4 is 57.4 Å². The predicted octanol–water partition coefficient (Wildman–Crippen LogP) is 4.41. The predicted molar refractivity (Wildman–Crippen MR) is 128 cm³/mol. The number of piperidine rings is 1. The Hall–Kier alpha value is -3.18. The fraction of sp³-hybridized carbons (Fsp3) is 0.318. The lowest BCUT2D eigenvalue weighted by Crippen LogP contribution is -2.61. The number of hydrogen-bond acceptors (Lipinski definition) is 5. The number of nitrogens with one attached hydrogen (secondary N) is 3. The van der Waals surface area contributed by atoms with E-state index in [4.69, 9.17) is 28.9 Å². The maximum absolute atomic E-state index is 14.3. The Morgan fingerprint density at radius 2 is 1.94 bits per heavy atom. The molecule has 5 N–H and O–H groups in total. The van der Waals surface area contributed by atoms with Crippen molar-refractivity contribution in [2.75, 3.05) is 23.7 Å². The van der Waals surface area contributed by atoms with Gasteiger partial charge in [-0.05, 0) is 37.1 Å². The van der Waals surface area contributed by atoms with Gasteiger partial charge in [0.15, 0.2) is 0 Å². The third-order valence-corrected chi connectivity index (χ3v) is 6.21. The van der Waals surface area contributed by atoms with Gasteiger partial charge in [-0.3, -0.25) is 9.59 Å². The van der Waals surface area contributed by atoms with Gasteiger partial charge in [0, 0.05) is 40.1 Å². The molecule has 2 amide bonds. The van der Waals surface area contributed by atoms with E-state index < -0.39 is 30.1 Å². The lowest BCUT2D eigenvalue weighted by Gasteiger charge is -2.43. The average molecular weight is 529 g/mol. The van der Waals surface area contributed by atoms with Crippen LogP contribution in [0.2, 0.25) is 10.0 Å². The molecule has 0 radical (unpaired) electrons. The number of carbonyl (C=O) groups excluding carboxylic acids is 2. The number of rotatable bonds is 6. The number of halogens is 5. The molecule has 0 spiro atoms. The van der Waals surface area contributed by atoms with E-state index in [1.165, 1.54) is 24.4 Å². The van der Waals surface area contributed by atoms with Gasteiger partial charge in [-0.25, -0.2) is 4.98 Å². The highest BCUT2D eigenvalue weighted by molar-refractivity contribution is 6.35. The molecule has 3 heterocycles. The fourth-order valence-electron chi connectivity index (χ4n) is 4.30. The highest BCUT2D eigenvalue weighted by atomic mass is 35.5. The van der Waals surface area contributed by atoms with Gasteiger partial charge in [0.1, 0.15) is 11.7 Å². The molecule has 0 saturated carbocycles. The number of nitrogens with two attached hydrogens (primary N) is 1. The summed E-state index contributed by atoms with van der Waals surface area (Å²) in [5.74, 6) is -1.58. The summed E-state index contributed by atoms with van der Waals surface area (Å²) < 4.78 is 42.9. The van der Waals surface area contributed by atoms with Crippen molar-refractivity contribution in [2.45, 2.75) is 31.1 Å². The van der Waals surface area contributed by atoms with E-state index in [2.05, 4.69) is 20.6 Å². The minimum Gasteiger partial charge on any atom is -0.379 e. The number of hydrogen-bond donors (Lipinski definition) is 4. The summed E-state index contributed by atoms with van der Waals surface area (Å²) >= 11 is 11.9. The molecule has 2 aromatic heterocycles. The van der Waals surface area contributed by atoms with Crippen molar-refractivity contribution in [1.29, 1.82) is 0 Å². The minimum atomic E-state index is -4.73. The average Bonchev–Trinajstić information content (AvgIpc) is 3.25. The van der Waals surface area contributed by atoms with E-state index in [1.807, 2.05) is 0 Å². The van der Waals surface area contributed by atoms with Crippen LogP contribution < -0.4 is 16.4 Å². The van der Waals surface area contributed by atoms with Crippen LogP contribution in [0.1, 0.15) is 23.2 Å². The number of pyridine rings is 1. The third-order valence-electron chi connectivity index (χ3n) is 5.77. The van der Waals surface area contributed by atoms with Gasteiger partial charge in [-0.15, -0.1) is 0 Å². The smallest absolute Gasteiger partial charge is 0.379 e. The lowest BCUT2D eigenvalue weighted by molar-refractivity contribution is -0.197. The van der Waals surface area contributed by atoms with Gasteiger partial charge in [0.05, 0.1) is 23.8 Å². The van der Waals surface area contributed by atoms with Crippen LogP contribution in [0.5, 0.6) is 0 Å². The monoisotopic (exact) mass is 528 g/mol.